The number of aromatic carboxylic acids is 1. The van der Waals surface area contributed by atoms with Gasteiger partial charge in [-0.25, -0.2) is 13.6 Å². The van der Waals surface area contributed by atoms with E-state index in [4.69, 9.17) is 4.74 Å². The van der Waals surface area contributed by atoms with Crippen molar-refractivity contribution in [2.45, 2.75) is 31.4 Å². The number of rotatable bonds is 6. The lowest BCUT2D eigenvalue weighted by Crippen LogP contribution is -2.44. The summed E-state index contributed by atoms with van der Waals surface area (Å²) in [6.45, 7) is 1.73. The molecule has 1 aliphatic heterocycles. The van der Waals surface area contributed by atoms with Crippen LogP contribution in [-0.2, 0) is 4.74 Å². The van der Waals surface area contributed by atoms with Gasteiger partial charge in [-0.05, 0) is 38.9 Å². The van der Waals surface area contributed by atoms with Crippen LogP contribution in [0.5, 0.6) is 0 Å². The molecule has 1 aromatic carbocycles. The molecule has 9 heteroatoms. The number of carboxylic acids is 1. The lowest BCUT2D eigenvalue weighted by atomic mass is 10.1. The molecule has 2 N–H and O–H groups in total. The number of nitrogens with zero attached hydrogens (tertiary/aromatic N) is 2. The first-order chi connectivity index (χ1) is 13.9. The normalized spacial score (nSPS) is 19.7. The average Bonchev–Trinajstić information content (AvgIpc) is 3.52. The van der Waals surface area contributed by atoms with E-state index in [0.29, 0.717) is 26.1 Å². The Morgan fingerprint density at radius 2 is 2.14 bits per heavy atom. The number of nitrogens with one attached hydrogen (secondary N) is 1. The Morgan fingerprint density at radius 1 is 1.38 bits per heavy atom. The summed E-state index contributed by atoms with van der Waals surface area (Å²) in [7, 11) is 1.83. The number of benzene rings is 1. The van der Waals surface area contributed by atoms with Gasteiger partial charge in [-0.3, -0.25) is 4.79 Å². The van der Waals surface area contributed by atoms with Crippen molar-refractivity contribution in [2.75, 3.05) is 38.2 Å². The van der Waals surface area contributed by atoms with E-state index in [0.717, 1.165) is 25.5 Å². The Kier molecular flexibility index (Phi) is 5.26. The van der Waals surface area contributed by atoms with Gasteiger partial charge in [0.15, 0.2) is 5.82 Å². The lowest BCUT2D eigenvalue weighted by Gasteiger charge is -2.35. The molecule has 1 saturated carbocycles. The molecule has 4 rings (SSSR count). The van der Waals surface area contributed by atoms with Crippen molar-refractivity contribution in [1.29, 1.82) is 0 Å². The second-order valence-electron chi connectivity index (χ2n) is 7.56. The molecule has 2 fully saturated rings. The Hall–Kier alpha value is -2.52. The van der Waals surface area contributed by atoms with E-state index in [1.807, 2.05) is 7.05 Å². The SMILES string of the molecule is CNCCC1CN(c2c(F)cc3c(=O)c(C(=O)O)cn(C4CC4)c3c2F)CCO1. The lowest BCUT2D eigenvalue weighted by molar-refractivity contribution is 0.0353. The number of fused-ring (bicyclic) bond motifs is 1. The molecule has 2 heterocycles. The first-order valence-corrected chi connectivity index (χ1v) is 9.73. The number of morpholine rings is 1. The number of pyridine rings is 1. The second-order valence-corrected chi connectivity index (χ2v) is 7.56. The second kappa shape index (κ2) is 7.72. The van der Waals surface area contributed by atoms with Crippen LogP contribution in [0.1, 0.15) is 35.7 Å². The summed E-state index contributed by atoms with van der Waals surface area (Å²) >= 11 is 0. The van der Waals surface area contributed by atoms with Crippen molar-refractivity contribution in [3.05, 3.63) is 39.7 Å². The molecular formula is C20H23F2N3O4. The molecule has 156 valence electrons. The van der Waals surface area contributed by atoms with Gasteiger partial charge >= 0.3 is 5.97 Å². The van der Waals surface area contributed by atoms with Gasteiger partial charge < -0.3 is 24.6 Å². The van der Waals surface area contributed by atoms with E-state index in [1.54, 1.807) is 4.90 Å². The maximum absolute atomic E-state index is 15.6. The highest BCUT2D eigenvalue weighted by atomic mass is 19.1. The molecule has 0 amide bonds. The third kappa shape index (κ3) is 3.60. The Morgan fingerprint density at radius 3 is 2.79 bits per heavy atom. The Balaban J connectivity index is 1.84. The van der Waals surface area contributed by atoms with Gasteiger partial charge in [0.1, 0.15) is 17.1 Å². The van der Waals surface area contributed by atoms with Crippen LogP contribution in [0.2, 0.25) is 0 Å². The molecular weight excluding hydrogens is 384 g/mol. The smallest absolute Gasteiger partial charge is 0.341 e. The monoisotopic (exact) mass is 407 g/mol. The highest BCUT2D eigenvalue weighted by Crippen LogP contribution is 2.39. The van der Waals surface area contributed by atoms with Gasteiger partial charge in [-0.15, -0.1) is 0 Å². The van der Waals surface area contributed by atoms with E-state index < -0.39 is 28.6 Å². The van der Waals surface area contributed by atoms with Crippen LogP contribution in [0.3, 0.4) is 0 Å². The quantitative estimate of drug-likeness (QED) is 0.763. The summed E-state index contributed by atoms with van der Waals surface area (Å²) < 4.78 is 37.8. The molecule has 7 nitrogen and oxygen atoms in total. The summed E-state index contributed by atoms with van der Waals surface area (Å²) in [4.78, 5) is 25.6. The van der Waals surface area contributed by atoms with Gasteiger partial charge in [0.05, 0.1) is 23.6 Å². The largest absolute Gasteiger partial charge is 0.477 e. The first kappa shape index (κ1) is 19.8. The summed E-state index contributed by atoms with van der Waals surface area (Å²) in [5.74, 6) is -3.10. The molecule has 0 spiro atoms. The van der Waals surface area contributed by atoms with E-state index in [1.165, 1.54) is 10.8 Å². The van der Waals surface area contributed by atoms with Crippen LogP contribution >= 0.6 is 0 Å². The number of carbonyl (C=O) groups is 1. The van der Waals surface area contributed by atoms with Crippen LogP contribution in [0, 0.1) is 11.6 Å². The maximum atomic E-state index is 15.6. The zero-order valence-electron chi connectivity index (χ0n) is 16.1. The predicted molar refractivity (Wildman–Crippen MR) is 104 cm³/mol. The van der Waals surface area contributed by atoms with Gasteiger partial charge in [0, 0.05) is 25.3 Å². The summed E-state index contributed by atoms with van der Waals surface area (Å²) in [6, 6.07) is 0.886. The molecule has 2 aliphatic rings. The molecule has 29 heavy (non-hydrogen) atoms. The predicted octanol–water partition coefficient (Wildman–Crippen LogP) is 2.13. The highest BCUT2D eigenvalue weighted by Gasteiger charge is 2.32. The number of hydrogen-bond acceptors (Lipinski definition) is 5. The minimum Gasteiger partial charge on any atom is -0.477 e. The third-order valence-corrected chi connectivity index (χ3v) is 5.53. The zero-order chi connectivity index (χ0) is 20.7. The minimum absolute atomic E-state index is 0.0304. The molecule has 1 unspecified atom stereocenters. The standard InChI is InChI=1S/C20H23F2N3O4/c1-23-5-4-12-9-24(6-7-29-12)18-15(21)8-13-17(16(18)22)25(11-2-3-11)10-14(19(13)26)20(27)28/h8,10-12,23H,2-7,9H2,1H3,(H,27,28). The van der Waals surface area contributed by atoms with Crippen LogP contribution in [-0.4, -0.2) is 55.0 Å². The van der Waals surface area contributed by atoms with Crippen LogP contribution in [0.15, 0.2) is 17.1 Å². The third-order valence-electron chi connectivity index (χ3n) is 5.53. The molecule has 1 saturated heterocycles. The van der Waals surface area contributed by atoms with E-state index in [-0.39, 0.29) is 28.7 Å². The van der Waals surface area contributed by atoms with Crippen molar-refractivity contribution in [1.82, 2.24) is 9.88 Å². The first-order valence-electron chi connectivity index (χ1n) is 9.73. The fraction of sp³-hybridized carbons (Fsp3) is 0.500. The van der Waals surface area contributed by atoms with Crippen molar-refractivity contribution in [2.24, 2.45) is 0 Å². The van der Waals surface area contributed by atoms with E-state index in [9.17, 15) is 19.1 Å². The molecule has 0 radical (unpaired) electrons. The topological polar surface area (TPSA) is 83.8 Å². The van der Waals surface area contributed by atoms with Gasteiger partial charge in [-0.2, -0.15) is 0 Å². The number of aromatic nitrogens is 1. The fourth-order valence-corrected chi connectivity index (χ4v) is 3.92. The van der Waals surface area contributed by atoms with Crippen molar-refractivity contribution >= 4 is 22.6 Å². The van der Waals surface area contributed by atoms with Gasteiger partial charge in [0.25, 0.3) is 0 Å². The molecule has 2 aromatic rings. The van der Waals surface area contributed by atoms with Crippen LogP contribution < -0.4 is 15.6 Å². The minimum atomic E-state index is -1.41. The van der Waals surface area contributed by atoms with Gasteiger partial charge in [0.2, 0.25) is 5.43 Å². The summed E-state index contributed by atoms with van der Waals surface area (Å²) in [6.07, 6.45) is 3.24. The summed E-state index contributed by atoms with van der Waals surface area (Å²) in [5.41, 5.74) is -1.57. The van der Waals surface area contributed by atoms with Crippen molar-refractivity contribution < 1.29 is 23.4 Å². The van der Waals surface area contributed by atoms with Crippen molar-refractivity contribution in [3.63, 3.8) is 0 Å². The number of carboxylic acid groups (broad SMARTS) is 1. The van der Waals surface area contributed by atoms with Crippen molar-refractivity contribution in [3.8, 4) is 0 Å². The highest BCUT2D eigenvalue weighted by molar-refractivity contribution is 5.94. The Bertz CT molecular complexity index is 1020. The average molecular weight is 407 g/mol. The maximum Gasteiger partial charge on any atom is 0.341 e. The molecule has 0 bridgehead atoms. The number of ether oxygens (including phenoxy) is 1. The summed E-state index contributed by atoms with van der Waals surface area (Å²) in [5, 5.41) is 12.1. The van der Waals surface area contributed by atoms with Crippen LogP contribution in [0.4, 0.5) is 14.5 Å². The Labute approximate surface area is 165 Å². The number of halogens is 2. The van der Waals surface area contributed by atoms with E-state index in [2.05, 4.69) is 5.32 Å². The molecule has 1 atom stereocenters. The zero-order valence-corrected chi connectivity index (χ0v) is 16.1. The molecule has 1 aliphatic carbocycles. The number of anilines is 1. The fourth-order valence-electron chi connectivity index (χ4n) is 3.92. The van der Waals surface area contributed by atoms with E-state index >= 15 is 4.39 Å². The van der Waals surface area contributed by atoms with Gasteiger partial charge in [-0.1, -0.05) is 0 Å². The van der Waals surface area contributed by atoms with Crippen LogP contribution in [0.25, 0.3) is 10.9 Å². The molecule has 1 aromatic heterocycles. The number of hydrogen-bond donors (Lipinski definition) is 2.